The second-order valence-corrected chi connectivity index (χ2v) is 5.86. The van der Waals surface area contributed by atoms with Crippen molar-refractivity contribution in [3.63, 3.8) is 0 Å². The summed E-state index contributed by atoms with van der Waals surface area (Å²) < 4.78 is 0. The van der Waals surface area contributed by atoms with Crippen molar-refractivity contribution < 1.29 is 0 Å². The van der Waals surface area contributed by atoms with Gasteiger partial charge in [0.2, 0.25) is 0 Å². The molecule has 2 aromatic carbocycles. The third-order valence-electron chi connectivity index (χ3n) is 3.51. The molecule has 4 nitrogen and oxygen atoms in total. The van der Waals surface area contributed by atoms with Gasteiger partial charge in [0.25, 0.3) is 0 Å². The third kappa shape index (κ3) is 2.97. The fourth-order valence-corrected chi connectivity index (χ4v) is 2.76. The number of anilines is 1. The highest BCUT2D eigenvalue weighted by Crippen LogP contribution is 2.23. The van der Waals surface area contributed by atoms with E-state index in [0.29, 0.717) is 0 Å². The maximum atomic E-state index is 11.3. The predicted molar refractivity (Wildman–Crippen MR) is 89.2 cm³/mol. The first-order chi connectivity index (χ1) is 10.2. The van der Waals surface area contributed by atoms with Crippen LogP contribution in [0.15, 0.2) is 52.2 Å². The van der Waals surface area contributed by atoms with Crippen LogP contribution in [0, 0.1) is 0 Å². The first-order valence-corrected chi connectivity index (χ1v) is 8.01. The number of thioether (sulfide) groups is 1. The molecule has 5 heteroatoms. The van der Waals surface area contributed by atoms with E-state index in [1.54, 1.807) is 11.8 Å². The van der Waals surface area contributed by atoms with Crippen molar-refractivity contribution in [3.05, 3.63) is 58.5 Å². The molecule has 1 aromatic heterocycles. The highest BCUT2D eigenvalue weighted by Gasteiger charge is 2.06. The molecule has 0 aliphatic heterocycles. The zero-order valence-corrected chi connectivity index (χ0v) is 12.8. The van der Waals surface area contributed by atoms with Crippen molar-refractivity contribution in [2.75, 3.05) is 11.6 Å². The Morgan fingerprint density at radius 2 is 1.76 bits per heavy atom. The first kappa shape index (κ1) is 13.8. The average molecular weight is 299 g/mol. The molecule has 0 bridgehead atoms. The zero-order chi connectivity index (χ0) is 14.8. The molecule has 0 aliphatic rings. The van der Waals surface area contributed by atoms with Gasteiger partial charge in [-0.05, 0) is 49.1 Å². The van der Waals surface area contributed by atoms with Crippen LogP contribution in [0.5, 0.6) is 0 Å². The van der Waals surface area contributed by atoms with Crippen LogP contribution in [-0.2, 0) is 0 Å². The lowest BCUT2D eigenvalue weighted by atomic mass is 10.1. The van der Waals surface area contributed by atoms with Crippen LogP contribution in [0.3, 0.4) is 0 Å². The first-order valence-electron chi connectivity index (χ1n) is 6.78. The molecule has 1 atom stereocenters. The van der Waals surface area contributed by atoms with Crippen molar-refractivity contribution in [1.29, 1.82) is 0 Å². The summed E-state index contributed by atoms with van der Waals surface area (Å²) in [4.78, 5) is 18.0. The second-order valence-electron chi connectivity index (χ2n) is 4.98. The maximum Gasteiger partial charge on any atom is 0.323 e. The molecule has 0 aliphatic carbocycles. The molecule has 0 amide bonds. The Morgan fingerprint density at radius 1 is 1.05 bits per heavy atom. The minimum absolute atomic E-state index is 0.178. The van der Waals surface area contributed by atoms with Crippen molar-refractivity contribution in [2.24, 2.45) is 0 Å². The smallest absolute Gasteiger partial charge is 0.323 e. The monoisotopic (exact) mass is 299 g/mol. The average Bonchev–Trinajstić information content (AvgIpc) is 2.86. The molecule has 0 radical (unpaired) electrons. The van der Waals surface area contributed by atoms with E-state index in [0.717, 1.165) is 16.7 Å². The summed E-state index contributed by atoms with van der Waals surface area (Å²) in [6.45, 7) is 2.12. The topological polar surface area (TPSA) is 60.7 Å². The Balaban J connectivity index is 1.81. The van der Waals surface area contributed by atoms with Crippen LogP contribution in [0.1, 0.15) is 18.5 Å². The Morgan fingerprint density at radius 3 is 2.48 bits per heavy atom. The van der Waals surface area contributed by atoms with Crippen LogP contribution in [0.2, 0.25) is 0 Å². The lowest BCUT2D eigenvalue weighted by molar-refractivity contribution is 0.883. The number of imidazole rings is 1. The number of benzene rings is 2. The molecule has 0 saturated carbocycles. The van der Waals surface area contributed by atoms with Crippen molar-refractivity contribution in [3.8, 4) is 0 Å². The van der Waals surface area contributed by atoms with Crippen molar-refractivity contribution >= 4 is 28.5 Å². The van der Waals surface area contributed by atoms with Crippen LogP contribution in [0.25, 0.3) is 11.0 Å². The molecule has 1 unspecified atom stereocenters. The molecule has 3 N–H and O–H groups in total. The van der Waals surface area contributed by atoms with E-state index in [2.05, 4.69) is 52.7 Å². The zero-order valence-electron chi connectivity index (χ0n) is 11.9. The van der Waals surface area contributed by atoms with E-state index in [1.807, 2.05) is 18.2 Å². The van der Waals surface area contributed by atoms with Gasteiger partial charge in [-0.3, -0.25) is 0 Å². The summed E-state index contributed by atoms with van der Waals surface area (Å²) in [6, 6.07) is 14.6. The summed E-state index contributed by atoms with van der Waals surface area (Å²) in [6.07, 6.45) is 2.07. The van der Waals surface area contributed by atoms with Crippen molar-refractivity contribution in [2.45, 2.75) is 17.9 Å². The van der Waals surface area contributed by atoms with E-state index in [-0.39, 0.29) is 11.7 Å². The van der Waals surface area contributed by atoms with E-state index in [4.69, 9.17) is 0 Å². The summed E-state index contributed by atoms with van der Waals surface area (Å²) in [5, 5.41) is 3.45. The summed E-state index contributed by atoms with van der Waals surface area (Å²) >= 11 is 1.74. The molecule has 1 heterocycles. The van der Waals surface area contributed by atoms with Gasteiger partial charge < -0.3 is 15.3 Å². The van der Waals surface area contributed by atoms with E-state index in [1.165, 1.54) is 10.5 Å². The van der Waals surface area contributed by atoms with Crippen LogP contribution < -0.4 is 11.0 Å². The maximum absolute atomic E-state index is 11.3. The number of fused-ring (bicyclic) bond motifs is 1. The van der Waals surface area contributed by atoms with Crippen LogP contribution >= 0.6 is 11.8 Å². The number of H-pyrrole nitrogens is 2. The van der Waals surface area contributed by atoms with Gasteiger partial charge in [0, 0.05) is 16.6 Å². The lowest BCUT2D eigenvalue weighted by Crippen LogP contribution is -2.06. The summed E-state index contributed by atoms with van der Waals surface area (Å²) in [5.41, 5.74) is 3.68. The Bertz CT molecular complexity index is 804. The summed E-state index contributed by atoms with van der Waals surface area (Å²) in [7, 11) is 0. The largest absolute Gasteiger partial charge is 0.378 e. The minimum Gasteiger partial charge on any atom is -0.378 e. The third-order valence-corrected chi connectivity index (χ3v) is 4.26. The molecule has 3 rings (SSSR count). The highest BCUT2D eigenvalue weighted by molar-refractivity contribution is 7.98. The fourth-order valence-electron chi connectivity index (χ4n) is 2.35. The Hall–Kier alpha value is -2.14. The van der Waals surface area contributed by atoms with Gasteiger partial charge in [-0.25, -0.2) is 4.79 Å². The Labute approximate surface area is 127 Å². The van der Waals surface area contributed by atoms with Gasteiger partial charge >= 0.3 is 5.69 Å². The molecule has 0 fully saturated rings. The van der Waals surface area contributed by atoms with E-state index in [9.17, 15) is 4.79 Å². The van der Waals surface area contributed by atoms with E-state index < -0.39 is 0 Å². The lowest BCUT2D eigenvalue weighted by Gasteiger charge is -2.16. The van der Waals surface area contributed by atoms with Crippen LogP contribution in [0.4, 0.5) is 5.69 Å². The fraction of sp³-hybridized carbons (Fsp3) is 0.188. The SMILES string of the molecule is CSc1ccc(C(C)Nc2ccc3[nH]c(=O)[nH]c3c2)cc1. The molecule has 0 spiro atoms. The molecular formula is C16H17N3OS. The predicted octanol–water partition coefficient (Wildman–Crippen LogP) is 3.75. The van der Waals surface area contributed by atoms with E-state index >= 15 is 0 Å². The molecule has 3 aromatic rings. The number of rotatable bonds is 4. The van der Waals surface area contributed by atoms with Crippen molar-refractivity contribution in [1.82, 2.24) is 9.97 Å². The normalized spacial score (nSPS) is 12.5. The molecule has 108 valence electrons. The van der Waals surface area contributed by atoms with Gasteiger partial charge in [-0.1, -0.05) is 12.1 Å². The van der Waals surface area contributed by atoms with Crippen LogP contribution in [-0.4, -0.2) is 16.2 Å². The van der Waals surface area contributed by atoms with Gasteiger partial charge in [0.1, 0.15) is 0 Å². The molecule has 21 heavy (non-hydrogen) atoms. The number of aromatic amines is 2. The Kier molecular flexibility index (Phi) is 3.75. The summed E-state index contributed by atoms with van der Waals surface area (Å²) in [5.74, 6) is 0. The van der Waals surface area contributed by atoms with Gasteiger partial charge in [-0.15, -0.1) is 11.8 Å². The number of aromatic nitrogens is 2. The number of nitrogens with one attached hydrogen (secondary N) is 3. The standard InChI is InChI=1S/C16H17N3OS/c1-10(11-3-6-13(21-2)7-4-11)17-12-5-8-14-15(9-12)19-16(20)18-14/h3-10,17H,1-2H3,(H2,18,19,20). The second kappa shape index (κ2) is 5.69. The number of hydrogen-bond donors (Lipinski definition) is 3. The quantitative estimate of drug-likeness (QED) is 0.643. The highest BCUT2D eigenvalue weighted by atomic mass is 32.2. The number of hydrogen-bond acceptors (Lipinski definition) is 3. The van der Waals surface area contributed by atoms with Gasteiger partial charge in [-0.2, -0.15) is 0 Å². The molecular weight excluding hydrogens is 282 g/mol. The van der Waals surface area contributed by atoms with Gasteiger partial charge in [0.15, 0.2) is 0 Å². The minimum atomic E-state index is -0.178. The molecule has 0 saturated heterocycles. The van der Waals surface area contributed by atoms with Gasteiger partial charge in [0.05, 0.1) is 11.0 Å².